The highest BCUT2D eigenvalue weighted by Crippen LogP contribution is 2.31. The maximum Gasteiger partial charge on any atom is 0.339 e. The normalized spacial score (nSPS) is 12.4. The molecule has 0 amide bonds. The van der Waals surface area contributed by atoms with Crippen LogP contribution in [-0.2, 0) is 9.84 Å². The van der Waals surface area contributed by atoms with Gasteiger partial charge in [-0.05, 0) is 48.5 Å². The van der Waals surface area contributed by atoms with E-state index in [1.165, 1.54) is 62.8 Å². The molecule has 2 aromatic rings. The lowest BCUT2D eigenvalue weighted by molar-refractivity contribution is -0.502. The van der Waals surface area contributed by atoms with E-state index in [0.29, 0.717) is 11.5 Å². The third kappa shape index (κ3) is 3.42. The van der Waals surface area contributed by atoms with Crippen LogP contribution in [0.5, 0.6) is 11.5 Å². The fourth-order valence-electron chi connectivity index (χ4n) is 2.08. The van der Waals surface area contributed by atoms with Gasteiger partial charge in [0, 0.05) is 10.5 Å². The van der Waals surface area contributed by atoms with Gasteiger partial charge in [0.05, 0.1) is 19.1 Å². The van der Waals surface area contributed by atoms with Crippen LogP contribution in [0.25, 0.3) is 0 Å². The molecule has 0 bridgehead atoms. The largest absolute Gasteiger partial charge is 0.497 e. The number of methoxy groups -OCH3 is 2. The number of rotatable bonds is 6. The number of nitrogens with zero attached hydrogens (tertiary/aromatic N) is 1. The molecule has 2 rings (SSSR count). The standard InChI is InChI=1S/C15H15NO6S/c1-21-12-5-3-11(4-6-12)15(16(17)18)23(19,20)14-9-7-13(22-2)8-10-14/h3-10,15H,1-2H3. The molecule has 0 heterocycles. The highest BCUT2D eigenvalue weighted by Gasteiger charge is 2.39. The minimum absolute atomic E-state index is 0.0617. The van der Waals surface area contributed by atoms with Crippen LogP contribution in [0.2, 0.25) is 0 Å². The maximum absolute atomic E-state index is 12.6. The Hall–Kier alpha value is -2.61. The number of hydrogen-bond donors (Lipinski definition) is 0. The molecule has 8 heteroatoms. The van der Waals surface area contributed by atoms with Crippen molar-refractivity contribution in [2.24, 2.45) is 0 Å². The molecule has 2 aromatic carbocycles. The van der Waals surface area contributed by atoms with Crippen molar-refractivity contribution in [2.45, 2.75) is 10.3 Å². The fourth-order valence-corrected chi connectivity index (χ4v) is 3.59. The van der Waals surface area contributed by atoms with Crippen molar-refractivity contribution in [1.82, 2.24) is 0 Å². The van der Waals surface area contributed by atoms with E-state index in [9.17, 15) is 18.5 Å². The number of ether oxygens (including phenoxy) is 2. The van der Waals surface area contributed by atoms with Gasteiger partial charge in [0.15, 0.2) is 0 Å². The van der Waals surface area contributed by atoms with Gasteiger partial charge in [0.25, 0.3) is 9.84 Å². The minimum atomic E-state index is -4.19. The van der Waals surface area contributed by atoms with Gasteiger partial charge in [-0.15, -0.1) is 0 Å². The van der Waals surface area contributed by atoms with E-state index in [1.807, 2.05) is 0 Å². The summed E-state index contributed by atoms with van der Waals surface area (Å²) in [6.07, 6.45) is 0. The second-order valence-corrected chi connectivity index (χ2v) is 6.64. The lowest BCUT2D eigenvalue weighted by Crippen LogP contribution is -2.21. The molecule has 0 aliphatic rings. The second-order valence-electron chi connectivity index (χ2n) is 4.63. The summed E-state index contributed by atoms with van der Waals surface area (Å²) in [7, 11) is -1.30. The maximum atomic E-state index is 12.6. The van der Waals surface area contributed by atoms with Gasteiger partial charge in [-0.25, -0.2) is 8.42 Å². The smallest absolute Gasteiger partial charge is 0.339 e. The third-order valence-electron chi connectivity index (χ3n) is 3.27. The molecule has 0 saturated carbocycles. The quantitative estimate of drug-likeness (QED) is 0.593. The molecule has 23 heavy (non-hydrogen) atoms. The van der Waals surface area contributed by atoms with E-state index in [0.717, 1.165) is 0 Å². The summed E-state index contributed by atoms with van der Waals surface area (Å²) >= 11 is 0. The molecule has 0 spiro atoms. The second kappa shape index (κ2) is 6.66. The van der Waals surface area contributed by atoms with Crippen LogP contribution < -0.4 is 9.47 Å². The molecule has 1 unspecified atom stereocenters. The Labute approximate surface area is 133 Å². The van der Waals surface area contributed by atoms with Gasteiger partial charge < -0.3 is 9.47 Å². The van der Waals surface area contributed by atoms with E-state index < -0.39 is 20.1 Å². The summed E-state index contributed by atoms with van der Waals surface area (Å²) in [6, 6.07) is 11.2. The molecule has 0 saturated heterocycles. The fraction of sp³-hybridized carbons (Fsp3) is 0.200. The van der Waals surface area contributed by atoms with Gasteiger partial charge >= 0.3 is 5.37 Å². The Balaban J connectivity index is 2.47. The van der Waals surface area contributed by atoms with Crippen LogP contribution in [0.1, 0.15) is 10.9 Å². The van der Waals surface area contributed by atoms with Crippen LogP contribution >= 0.6 is 0 Å². The van der Waals surface area contributed by atoms with Crippen LogP contribution in [0.15, 0.2) is 53.4 Å². The molecule has 0 aliphatic heterocycles. The minimum Gasteiger partial charge on any atom is -0.497 e. The lowest BCUT2D eigenvalue weighted by atomic mass is 10.2. The van der Waals surface area contributed by atoms with Crippen molar-refractivity contribution in [3.63, 3.8) is 0 Å². The van der Waals surface area contributed by atoms with Crippen molar-refractivity contribution >= 4 is 9.84 Å². The van der Waals surface area contributed by atoms with Crippen molar-refractivity contribution < 1.29 is 22.8 Å². The third-order valence-corrected chi connectivity index (χ3v) is 5.24. The monoisotopic (exact) mass is 337 g/mol. The van der Waals surface area contributed by atoms with Crippen LogP contribution in [0, 0.1) is 10.1 Å². The number of sulfone groups is 1. The number of benzene rings is 2. The molecular formula is C15H15NO6S. The highest BCUT2D eigenvalue weighted by molar-refractivity contribution is 7.91. The Morgan fingerprint density at radius 1 is 0.913 bits per heavy atom. The topological polar surface area (TPSA) is 95.7 Å². The van der Waals surface area contributed by atoms with Crippen LogP contribution in [-0.4, -0.2) is 27.6 Å². The first-order valence-corrected chi connectivity index (χ1v) is 8.10. The lowest BCUT2D eigenvalue weighted by Gasteiger charge is -2.12. The van der Waals surface area contributed by atoms with Crippen molar-refractivity contribution in [3.05, 3.63) is 64.2 Å². The first kappa shape index (κ1) is 16.8. The van der Waals surface area contributed by atoms with E-state index in [4.69, 9.17) is 9.47 Å². The first-order chi connectivity index (χ1) is 10.9. The average Bonchev–Trinajstić information content (AvgIpc) is 2.55. The van der Waals surface area contributed by atoms with Crippen LogP contribution in [0.3, 0.4) is 0 Å². The van der Waals surface area contributed by atoms with Gasteiger partial charge in [0.2, 0.25) is 0 Å². The molecule has 0 N–H and O–H groups in total. The molecule has 0 radical (unpaired) electrons. The predicted molar refractivity (Wildman–Crippen MR) is 82.9 cm³/mol. The predicted octanol–water partition coefficient (Wildman–Crippen LogP) is 2.45. The Morgan fingerprint density at radius 3 is 1.74 bits per heavy atom. The van der Waals surface area contributed by atoms with Crippen molar-refractivity contribution in [1.29, 1.82) is 0 Å². The van der Waals surface area contributed by atoms with Gasteiger partial charge in [-0.2, -0.15) is 0 Å². The molecular weight excluding hydrogens is 322 g/mol. The van der Waals surface area contributed by atoms with Crippen molar-refractivity contribution in [3.8, 4) is 11.5 Å². The Morgan fingerprint density at radius 2 is 1.35 bits per heavy atom. The first-order valence-electron chi connectivity index (χ1n) is 6.55. The van der Waals surface area contributed by atoms with Gasteiger partial charge in [-0.1, -0.05) is 0 Å². The summed E-state index contributed by atoms with van der Waals surface area (Å²) in [5, 5.41) is 9.48. The summed E-state index contributed by atoms with van der Waals surface area (Å²) in [5.74, 6) is 0.948. The zero-order valence-corrected chi connectivity index (χ0v) is 13.3. The van der Waals surface area contributed by atoms with Gasteiger partial charge in [-0.3, -0.25) is 10.1 Å². The summed E-state index contributed by atoms with van der Waals surface area (Å²) < 4.78 is 35.2. The molecule has 0 fully saturated rings. The average molecular weight is 337 g/mol. The molecule has 122 valence electrons. The van der Waals surface area contributed by atoms with E-state index in [-0.39, 0.29) is 10.5 Å². The van der Waals surface area contributed by atoms with E-state index >= 15 is 0 Å². The molecule has 1 atom stereocenters. The number of nitro groups is 1. The summed E-state index contributed by atoms with van der Waals surface area (Å²) in [5.41, 5.74) is 0.0617. The van der Waals surface area contributed by atoms with E-state index in [2.05, 4.69) is 0 Å². The van der Waals surface area contributed by atoms with Crippen molar-refractivity contribution in [2.75, 3.05) is 14.2 Å². The number of hydrogen-bond acceptors (Lipinski definition) is 6. The van der Waals surface area contributed by atoms with Gasteiger partial charge in [0.1, 0.15) is 11.5 Å². The molecule has 7 nitrogen and oxygen atoms in total. The Bertz CT molecular complexity index is 784. The molecule has 0 aliphatic carbocycles. The SMILES string of the molecule is COc1ccc(C([N+](=O)[O-])S(=O)(=O)c2ccc(OC)cc2)cc1. The summed E-state index contributed by atoms with van der Waals surface area (Å²) in [6.45, 7) is 0. The summed E-state index contributed by atoms with van der Waals surface area (Å²) in [4.78, 5) is 10.4. The molecule has 0 aromatic heterocycles. The zero-order chi connectivity index (χ0) is 17.0. The highest BCUT2D eigenvalue weighted by atomic mass is 32.2. The van der Waals surface area contributed by atoms with E-state index in [1.54, 1.807) is 0 Å². The Kier molecular flexibility index (Phi) is 4.85. The zero-order valence-electron chi connectivity index (χ0n) is 12.5. The van der Waals surface area contributed by atoms with Crippen LogP contribution in [0.4, 0.5) is 0 Å².